The number of nitrogens with zero attached hydrogens (tertiary/aromatic N) is 1. The number of nitriles is 1. The van der Waals surface area contributed by atoms with Crippen molar-refractivity contribution in [1.29, 1.82) is 5.26 Å². The second-order valence-corrected chi connectivity index (χ2v) is 6.04. The van der Waals surface area contributed by atoms with Crippen molar-refractivity contribution >= 4 is 40.3 Å². The molecule has 0 saturated carbocycles. The van der Waals surface area contributed by atoms with Crippen LogP contribution >= 0.6 is 34.4 Å². The molecule has 2 aromatic rings. The van der Waals surface area contributed by atoms with Crippen molar-refractivity contribution < 1.29 is 9.90 Å². The molecule has 0 spiro atoms. The number of carboxylic acids is 1. The molecule has 94 valence electrons. The van der Waals surface area contributed by atoms with Crippen LogP contribution in [0.3, 0.4) is 0 Å². The van der Waals surface area contributed by atoms with Gasteiger partial charge in [-0.25, -0.2) is 4.79 Å². The Balaban J connectivity index is 2.33. The lowest BCUT2D eigenvalue weighted by Crippen LogP contribution is -1.97. The van der Waals surface area contributed by atoms with Gasteiger partial charge in [0.15, 0.2) is 0 Å². The van der Waals surface area contributed by atoms with Gasteiger partial charge in [0, 0.05) is 13.4 Å². The summed E-state index contributed by atoms with van der Waals surface area (Å²) in [7, 11) is 0. The van der Waals surface area contributed by atoms with Crippen molar-refractivity contribution in [2.45, 2.75) is 9.79 Å². The molecule has 0 aliphatic rings. The fraction of sp³-hybridized carbons (Fsp3) is 0. The maximum Gasteiger partial charge on any atom is 0.335 e. The fourth-order valence-electron chi connectivity index (χ4n) is 1.47. The minimum absolute atomic E-state index is 0.128. The smallest absolute Gasteiger partial charge is 0.335 e. The van der Waals surface area contributed by atoms with E-state index in [9.17, 15) is 4.79 Å². The van der Waals surface area contributed by atoms with Crippen LogP contribution in [0.5, 0.6) is 0 Å². The van der Waals surface area contributed by atoms with Crippen molar-refractivity contribution in [2.24, 2.45) is 0 Å². The Kier molecular flexibility index (Phi) is 4.45. The summed E-state index contributed by atoms with van der Waals surface area (Å²) in [4.78, 5) is 12.6. The van der Waals surface area contributed by atoms with Gasteiger partial charge in [-0.1, -0.05) is 11.8 Å². The molecule has 19 heavy (non-hydrogen) atoms. The lowest BCUT2D eigenvalue weighted by Gasteiger charge is -2.05. The molecule has 0 atom stereocenters. The molecule has 0 bridgehead atoms. The number of carbonyl (C=O) groups is 1. The molecule has 0 heterocycles. The van der Waals surface area contributed by atoms with Crippen molar-refractivity contribution in [3.63, 3.8) is 0 Å². The summed E-state index contributed by atoms with van der Waals surface area (Å²) in [6.45, 7) is 0. The first-order valence-corrected chi connectivity index (χ1v) is 7.20. The van der Waals surface area contributed by atoms with Crippen molar-refractivity contribution in [2.75, 3.05) is 0 Å². The first-order chi connectivity index (χ1) is 9.10. The van der Waals surface area contributed by atoms with Crippen LogP contribution in [0.25, 0.3) is 0 Å². The molecule has 0 unspecified atom stereocenters. The molecule has 0 aromatic heterocycles. The normalized spacial score (nSPS) is 9.89. The topological polar surface area (TPSA) is 61.1 Å². The highest BCUT2D eigenvalue weighted by atomic mass is 127. The van der Waals surface area contributed by atoms with Crippen LogP contribution in [0.2, 0.25) is 0 Å². The molecule has 1 N–H and O–H groups in total. The molecule has 0 aliphatic carbocycles. The first kappa shape index (κ1) is 13.9. The van der Waals surface area contributed by atoms with Gasteiger partial charge in [-0.15, -0.1) is 0 Å². The molecule has 2 rings (SSSR count). The van der Waals surface area contributed by atoms with Gasteiger partial charge in [0.1, 0.15) is 6.07 Å². The molecule has 0 saturated heterocycles. The van der Waals surface area contributed by atoms with Crippen LogP contribution in [0, 0.1) is 14.9 Å². The number of halogens is 1. The number of aromatic carboxylic acids is 1. The van der Waals surface area contributed by atoms with Crippen molar-refractivity contribution in [3.8, 4) is 6.07 Å². The maximum absolute atomic E-state index is 10.9. The Labute approximate surface area is 128 Å². The number of benzene rings is 2. The van der Waals surface area contributed by atoms with Gasteiger partial charge in [-0.05, 0) is 65.1 Å². The van der Waals surface area contributed by atoms with Gasteiger partial charge in [0.2, 0.25) is 0 Å². The molecule has 5 heteroatoms. The highest BCUT2D eigenvalue weighted by Crippen LogP contribution is 2.31. The van der Waals surface area contributed by atoms with Gasteiger partial charge < -0.3 is 5.11 Å². The number of carboxylic acid groups (broad SMARTS) is 1. The van der Waals surface area contributed by atoms with E-state index >= 15 is 0 Å². The van der Waals surface area contributed by atoms with E-state index in [1.54, 1.807) is 6.07 Å². The molecule has 0 radical (unpaired) electrons. The number of hydrogen-bond donors (Lipinski definition) is 1. The van der Waals surface area contributed by atoms with Crippen molar-refractivity contribution in [3.05, 3.63) is 57.2 Å². The average Bonchev–Trinajstić information content (AvgIpc) is 2.41. The molecular weight excluding hydrogens is 373 g/mol. The van der Waals surface area contributed by atoms with Crippen LogP contribution in [-0.2, 0) is 0 Å². The predicted octanol–water partition coefficient (Wildman–Crippen LogP) is 4.01. The zero-order chi connectivity index (χ0) is 13.8. The molecule has 3 nitrogen and oxygen atoms in total. The lowest BCUT2D eigenvalue weighted by molar-refractivity contribution is 0.0697. The van der Waals surface area contributed by atoms with Crippen LogP contribution in [0.1, 0.15) is 15.9 Å². The third-order valence-corrected chi connectivity index (χ3v) is 4.19. The van der Waals surface area contributed by atoms with E-state index < -0.39 is 5.97 Å². The summed E-state index contributed by atoms with van der Waals surface area (Å²) in [6.07, 6.45) is 0. The van der Waals surface area contributed by atoms with Gasteiger partial charge >= 0.3 is 5.97 Å². The van der Waals surface area contributed by atoms with E-state index in [0.29, 0.717) is 5.56 Å². The highest BCUT2D eigenvalue weighted by molar-refractivity contribution is 14.1. The zero-order valence-electron chi connectivity index (χ0n) is 9.63. The fourth-order valence-corrected chi connectivity index (χ4v) is 2.71. The standard InChI is InChI=1S/C14H8INO2S/c15-11-2-4-12(5-3-11)19-13-6-1-9(14(17)18)7-10(13)8-16/h1-7H,(H,17,18). The van der Waals surface area contributed by atoms with E-state index in [-0.39, 0.29) is 5.56 Å². The summed E-state index contributed by atoms with van der Waals surface area (Å²) in [5.74, 6) is -1.03. The Morgan fingerprint density at radius 1 is 1.21 bits per heavy atom. The third kappa shape index (κ3) is 3.49. The van der Waals surface area contributed by atoms with Gasteiger partial charge in [-0.3, -0.25) is 0 Å². The minimum atomic E-state index is -1.03. The Hall–Kier alpha value is -1.52. The number of rotatable bonds is 3. The van der Waals surface area contributed by atoms with E-state index in [4.69, 9.17) is 10.4 Å². The van der Waals surface area contributed by atoms with E-state index in [2.05, 4.69) is 22.6 Å². The molecule has 2 aromatic carbocycles. The van der Waals surface area contributed by atoms with Gasteiger partial charge in [0.25, 0.3) is 0 Å². The molecule has 0 amide bonds. The Morgan fingerprint density at radius 2 is 1.89 bits per heavy atom. The van der Waals surface area contributed by atoms with Crippen molar-refractivity contribution in [1.82, 2.24) is 0 Å². The SMILES string of the molecule is N#Cc1cc(C(=O)O)ccc1Sc1ccc(I)cc1. The van der Waals surface area contributed by atoms with Crippen LogP contribution in [0.15, 0.2) is 52.3 Å². The highest BCUT2D eigenvalue weighted by Gasteiger charge is 2.09. The van der Waals surface area contributed by atoms with Gasteiger partial charge in [0.05, 0.1) is 11.1 Å². The summed E-state index contributed by atoms with van der Waals surface area (Å²) < 4.78 is 1.14. The van der Waals surface area contributed by atoms with E-state index in [1.165, 1.54) is 23.9 Å². The van der Waals surface area contributed by atoms with Crippen LogP contribution in [-0.4, -0.2) is 11.1 Å². The molecule has 0 fully saturated rings. The second kappa shape index (κ2) is 6.08. The van der Waals surface area contributed by atoms with Crippen LogP contribution in [0.4, 0.5) is 0 Å². The third-order valence-electron chi connectivity index (χ3n) is 2.39. The monoisotopic (exact) mass is 381 g/mol. The van der Waals surface area contributed by atoms with Crippen LogP contribution < -0.4 is 0 Å². The first-order valence-electron chi connectivity index (χ1n) is 5.31. The quantitative estimate of drug-likeness (QED) is 0.817. The second-order valence-electron chi connectivity index (χ2n) is 3.68. The van der Waals surface area contributed by atoms with E-state index in [1.807, 2.05) is 30.3 Å². The summed E-state index contributed by atoms with van der Waals surface area (Å²) in [5, 5.41) is 18.0. The van der Waals surface area contributed by atoms with E-state index in [0.717, 1.165) is 13.4 Å². The average molecular weight is 381 g/mol. The summed E-state index contributed by atoms with van der Waals surface area (Å²) in [5.41, 5.74) is 0.506. The lowest BCUT2D eigenvalue weighted by atomic mass is 10.1. The molecule has 0 aliphatic heterocycles. The summed E-state index contributed by atoms with van der Waals surface area (Å²) in [6, 6.07) is 14.5. The predicted molar refractivity (Wildman–Crippen MR) is 81.4 cm³/mol. The molecular formula is C14H8INO2S. The maximum atomic E-state index is 10.9. The number of hydrogen-bond acceptors (Lipinski definition) is 3. The Bertz CT molecular complexity index is 662. The minimum Gasteiger partial charge on any atom is -0.478 e. The summed E-state index contributed by atoms with van der Waals surface area (Å²) >= 11 is 3.68. The van der Waals surface area contributed by atoms with Gasteiger partial charge in [-0.2, -0.15) is 5.26 Å². The zero-order valence-corrected chi connectivity index (χ0v) is 12.6. The Morgan fingerprint density at radius 3 is 2.47 bits per heavy atom. The largest absolute Gasteiger partial charge is 0.478 e.